The van der Waals surface area contributed by atoms with Gasteiger partial charge in [-0.25, -0.2) is 9.78 Å². The third-order valence-electron chi connectivity index (χ3n) is 5.91. The summed E-state index contributed by atoms with van der Waals surface area (Å²) in [5, 5.41) is 3.66. The Bertz CT molecular complexity index is 784. The zero-order valence-corrected chi connectivity index (χ0v) is 19.6. The van der Waals surface area contributed by atoms with E-state index in [1.54, 1.807) is 4.90 Å². The maximum absolute atomic E-state index is 12.8. The monoisotopic (exact) mass is 476 g/mol. The lowest BCUT2D eigenvalue weighted by Crippen LogP contribution is -2.46. The van der Waals surface area contributed by atoms with Gasteiger partial charge in [-0.2, -0.15) is 13.2 Å². The van der Waals surface area contributed by atoms with E-state index in [1.165, 1.54) is 0 Å². The highest BCUT2D eigenvalue weighted by Gasteiger charge is 2.33. The van der Waals surface area contributed by atoms with Crippen molar-refractivity contribution in [1.82, 2.24) is 15.2 Å². The molecule has 2 saturated heterocycles. The van der Waals surface area contributed by atoms with E-state index in [9.17, 15) is 18.0 Å². The van der Waals surface area contributed by atoms with E-state index < -0.39 is 17.3 Å². The minimum atomic E-state index is -4.45. The normalized spacial score (nSPS) is 19.3. The van der Waals surface area contributed by atoms with Crippen LogP contribution in [0.1, 0.15) is 52.0 Å². The van der Waals surface area contributed by atoms with Crippen molar-refractivity contribution in [2.24, 2.45) is 5.92 Å². The molecule has 1 amide bonds. The van der Waals surface area contributed by atoms with E-state index in [0.29, 0.717) is 44.0 Å². The van der Waals surface area contributed by atoms with E-state index in [0.717, 1.165) is 44.5 Å². The summed E-state index contributed by atoms with van der Waals surface area (Å²) in [6.07, 6.45) is -0.228. The average Bonchev–Trinajstić information content (AvgIpc) is 2.71. The van der Waals surface area contributed by atoms with Crippen molar-refractivity contribution in [3.63, 3.8) is 0 Å². The number of ether oxygens (including phenoxy) is 1. The maximum atomic E-state index is 12.8. The van der Waals surface area contributed by atoms with Crippen LogP contribution in [0.15, 0.2) is 12.3 Å². The molecule has 6 nitrogen and oxygen atoms in total. The van der Waals surface area contributed by atoms with Crippen LogP contribution in [0.5, 0.6) is 0 Å². The summed E-state index contributed by atoms with van der Waals surface area (Å²) in [6.45, 7) is 9.29. The van der Waals surface area contributed by atoms with Crippen LogP contribution in [0.4, 0.5) is 23.8 Å². The molecule has 0 aliphatic carbocycles. The number of piperidine rings is 2. The molecule has 1 N–H and O–H groups in total. The second-order valence-corrected chi connectivity index (χ2v) is 10.0. The second-order valence-electron chi connectivity index (χ2n) is 9.61. The summed E-state index contributed by atoms with van der Waals surface area (Å²) >= 11 is 6.08. The fourth-order valence-corrected chi connectivity index (χ4v) is 4.38. The van der Waals surface area contributed by atoms with Crippen LogP contribution in [0.2, 0.25) is 5.02 Å². The van der Waals surface area contributed by atoms with Crippen LogP contribution in [0.25, 0.3) is 0 Å². The molecule has 3 heterocycles. The van der Waals surface area contributed by atoms with E-state index in [1.807, 2.05) is 25.7 Å². The molecule has 10 heteroatoms. The number of hydrogen-bond donors (Lipinski definition) is 1. The number of nitrogens with one attached hydrogen (secondary N) is 1. The van der Waals surface area contributed by atoms with Gasteiger partial charge in [0.1, 0.15) is 11.4 Å². The van der Waals surface area contributed by atoms with E-state index in [4.69, 9.17) is 16.3 Å². The van der Waals surface area contributed by atoms with Gasteiger partial charge in [0.15, 0.2) is 0 Å². The Labute approximate surface area is 192 Å². The molecule has 1 aromatic heterocycles. The summed E-state index contributed by atoms with van der Waals surface area (Å²) in [6, 6.07) is 1.29. The van der Waals surface area contributed by atoms with Gasteiger partial charge in [-0.05, 0) is 65.0 Å². The molecule has 0 radical (unpaired) electrons. The van der Waals surface area contributed by atoms with Crippen molar-refractivity contribution in [2.75, 3.05) is 37.6 Å². The van der Waals surface area contributed by atoms with Crippen LogP contribution < -0.4 is 10.2 Å². The summed E-state index contributed by atoms with van der Waals surface area (Å²) in [5.41, 5.74) is -1.31. The lowest BCUT2D eigenvalue weighted by molar-refractivity contribution is -0.137. The fourth-order valence-electron chi connectivity index (χ4n) is 4.09. The van der Waals surface area contributed by atoms with Crippen molar-refractivity contribution >= 4 is 23.5 Å². The molecular formula is C22H32ClF3N4O2. The van der Waals surface area contributed by atoms with Crippen molar-refractivity contribution in [1.29, 1.82) is 0 Å². The van der Waals surface area contributed by atoms with Gasteiger partial charge in [0.05, 0.1) is 10.6 Å². The van der Waals surface area contributed by atoms with Crippen molar-refractivity contribution < 1.29 is 22.7 Å². The number of hydrogen-bond acceptors (Lipinski definition) is 5. The number of carbonyl (C=O) groups is 1. The Morgan fingerprint density at radius 1 is 1.16 bits per heavy atom. The van der Waals surface area contributed by atoms with Crippen molar-refractivity contribution in [3.8, 4) is 0 Å². The Hall–Kier alpha value is -1.74. The van der Waals surface area contributed by atoms with Crippen LogP contribution in [-0.4, -0.2) is 60.3 Å². The zero-order chi connectivity index (χ0) is 23.5. The zero-order valence-electron chi connectivity index (χ0n) is 18.8. The lowest BCUT2D eigenvalue weighted by Gasteiger charge is -2.36. The molecule has 2 fully saturated rings. The van der Waals surface area contributed by atoms with Crippen LogP contribution >= 0.6 is 11.6 Å². The Balaban J connectivity index is 1.40. The molecule has 1 aromatic rings. The lowest BCUT2D eigenvalue weighted by atomic mass is 9.96. The number of nitrogens with zero attached hydrogens (tertiary/aromatic N) is 3. The standard InChI is InChI=1S/C22H32ClF3N4O2/c1-21(2,3)32-20(31)30-8-4-15(5-9-30)13-27-17-6-10-29(11-7-17)19-18(23)12-16(14-28-19)22(24,25)26/h12,14-15,17,27H,4-11,13H2,1-3H3. The molecule has 180 valence electrons. The van der Waals surface area contributed by atoms with E-state index >= 15 is 0 Å². The molecule has 0 unspecified atom stereocenters. The van der Waals surface area contributed by atoms with Gasteiger partial charge < -0.3 is 19.9 Å². The Morgan fingerprint density at radius 2 is 1.78 bits per heavy atom. The number of rotatable bonds is 4. The summed E-state index contributed by atoms with van der Waals surface area (Å²) in [5.74, 6) is 0.922. The first-order chi connectivity index (χ1) is 14.9. The fraction of sp³-hybridized carbons (Fsp3) is 0.727. The minimum absolute atomic E-state index is 0.0305. The highest BCUT2D eigenvalue weighted by atomic mass is 35.5. The van der Waals surface area contributed by atoms with Gasteiger partial charge >= 0.3 is 12.3 Å². The molecule has 2 aliphatic heterocycles. The summed E-state index contributed by atoms with van der Waals surface area (Å²) < 4.78 is 43.9. The number of alkyl halides is 3. The first-order valence-electron chi connectivity index (χ1n) is 11.1. The highest BCUT2D eigenvalue weighted by molar-refractivity contribution is 6.33. The molecule has 2 aliphatic rings. The SMILES string of the molecule is CC(C)(C)OC(=O)N1CCC(CNC2CCN(c3ncc(C(F)(F)F)cc3Cl)CC2)CC1. The van der Waals surface area contributed by atoms with Crippen LogP contribution in [-0.2, 0) is 10.9 Å². The highest BCUT2D eigenvalue weighted by Crippen LogP contribution is 2.34. The number of likely N-dealkylation sites (tertiary alicyclic amines) is 1. The molecule has 0 saturated carbocycles. The molecule has 0 atom stereocenters. The van der Waals surface area contributed by atoms with Gasteiger partial charge in [-0.1, -0.05) is 11.6 Å². The molecule has 3 rings (SSSR count). The Kier molecular flexibility index (Phi) is 7.81. The predicted octanol–water partition coefficient (Wildman–Crippen LogP) is 4.96. The first kappa shape index (κ1) is 24.9. The van der Waals surface area contributed by atoms with Crippen molar-refractivity contribution in [2.45, 2.75) is 64.3 Å². The number of aromatic nitrogens is 1. The molecule has 0 spiro atoms. The van der Waals surface area contributed by atoms with Crippen LogP contribution in [0.3, 0.4) is 0 Å². The third-order valence-corrected chi connectivity index (χ3v) is 6.18. The first-order valence-corrected chi connectivity index (χ1v) is 11.5. The third kappa shape index (κ3) is 6.88. The predicted molar refractivity (Wildman–Crippen MR) is 118 cm³/mol. The van der Waals surface area contributed by atoms with E-state index in [-0.39, 0.29) is 11.1 Å². The topological polar surface area (TPSA) is 57.7 Å². The van der Waals surface area contributed by atoms with Gasteiger partial charge in [-0.15, -0.1) is 0 Å². The molecule has 0 bridgehead atoms. The number of carbonyl (C=O) groups excluding carboxylic acids is 1. The van der Waals surface area contributed by atoms with Gasteiger partial charge in [0, 0.05) is 38.4 Å². The smallest absolute Gasteiger partial charge is 0.417 e. The number of anilines is 1. The summed E-state index contributed by atoms with van der Waals surface area (Å²) in [7, 11) is 0. The van der Waals surface area contributed by atoms with Gasteiger partial charge in [-0.3, -0.25) is 0 Å². The average molecular weight is 477 g/mol. The molecule has 0 aromatic carbocycles. The maximum Gasteiger partial charge on any atom is 0.417 e. The quantitative estimate of drug-likeness (QED) is 0.665. The summed E-state index contributed by atoms with van der Waals surface area (Å²) in [4.78, 5) is 19.9. The second kappa shape index (κ2) is 10.0. The molecular weight excluding hydrogens is 445 g/mol. The number of pyridine rings is 1. The number of amides is 1. The van der Waals surface area contributed by atoms with E-state index in [2.05, 4.69) is 10.3 Å². The largest absolute Gasteiger partial charge is 0.444 e. The van der Waals surface area contributed by atoms with Crippen LogP contribution in [0, 0.1) is 5.92 Å². The molecule has 32 heavy (non-hydrogen) atoms. The minimum Gasteiger partial charge on any atom is -0.444 e. The van der Waals surface area contributed by atoms with Crippen molar-refractivity contribution in [3.05, 3.63) is 22.8 Å². The number of halogens is 4. The van der Waals surface area contributed by atoms with Gasteiger partial charge in [0.25, 0.3) is 0 Å². The van der Waals surface area contributed by atoms with Gasteiger partial charge in [0.2, 0.25) is 0 Å². The Morgan fingerprint density at radius 3 is 2.31 bits per heavy atom.